The van der Waals surface area contributed by atoms with Gasteiger partial charge in [0.1, 0.15) is 17.4 Å². The number of nitrogens with one attached hydrogen (secondary N) is 2. The van der Waals surface area contributed by atoms with Gasteiger partial charge in [-0.15, -0.1) is 11.3 Å². The van der Waals surface area contributed by atoms with Gasteiger partial charge < -0.3 is 15.4 Å². The Hall–Kier alpha value is -3.98. The van der Waals surface area contributed by atoms with Crippen LogP contribution in [0.4, 0.5) is 5.13 Å². The zero-order valence-corrected chi connectivity index (χ0v) is 19.5. The molecule has 0 fully saturated rings. The van der Waals surface area contributed by atoms with Gasteiger partial charge in [0.2, 0.25) is 11.8 Å². The van der Waals surface area contributed by atoms with Gasteiger partial charge in [0.25, 0.3) is 0 Å². The van der Waals surface area contributed by atoms with Crippen LogP contribution >= 0.6 is 11.3 Å². The van der Waals surface area contributed by atoms with E-state index in [1.807, 2.05) is 43.3 Å². The van der Waals surface area contributed by atoms with Crippen LogP contribution in [0.3, 0.4) is 0 Å². The van der Waals surface area contributed by atoms with Crippen molar-refractivity contribution in [2.75, 3.05) is 5.32 Å². The molecule has 2 atom stereocenters. The predicted octanol–water partition coefficient (Wildman–Crippen LogP) is 4.58. The Labute approximate surface area is 199 Å². The van der Waals surface area contributed by atoms with Crippen LogP contribution in [0.1, 0.15) is 48.3 Å². The third-order valence-corrected chi connectivity index (χ3v) is 6.41. The molecule has 0 bridgehead atoms. The summed E-state index contributed by atoms with van der Waals surface area (Å²) in [4.78, 5) is 45.3. The van der Waals surface area contributed by atoms with Gasteiger partial charge in [0.05, 0.1) is 0 Å². The molecule has 0 aliphatic rings. The summed E-state index contributed by atoms with van der Waals surface area (Å²) >= 11 is 1.13. The van der Waals surface area contributed by atoms with Crippen molar-refractivity contribution >= 4 is 28.2 Å². The van der Waals surface area contributed by atoms with Crippen LogP contribution in [-0.2, 0) is 4.79 Å². The number of carbonyl (C=O) groups is 2. The Morgan fingerprint density at radius 1 is 1.12 bits per heavy atom. The number of aromatic nitrogens is 3. The number of imidazole rings is 1. The molecule has 0 aliphatic carbocycles. The number of aromatic hydroxyl groups is 1. The quantitative estimate of drug-likeness (QED) is 0.322. The first-order chi connectivity index (χ1) is 16.4. The summed E-state index contributed by atoms with van der Waals surface area (Å²) in [5, 5.41) is 15.6. The van der Waals surface area contributed by atoms with Crippen LogP contribution in [0.2, 0.25) is 0 Å². The molecule has 2 aromatic carbocycles. The number of nitrogens with zero attached hydrogens (tertiary/aromatic N) is 2. The second-order valence-corrected chi connectivity index (χ2v) is 8.67. The van der Waals surface area contributed by atoms with E-state index in [1.165, 1.54) is 0 Å². The van der Waals surface area contributed by atoms with E-state index in [-0.39, 0.29) is 28.2 Å². The summed E-state index contributed by atoms with van der Waals surface area (Å²) < 4.78 is 1.07. The van der Waals surface area contributed by atoms with Crippen molar-refractivity contribution in [2.24, 2.45) is 0 Å². The molecule has 0 saturated heterocycles. The highest BCUT2D eigenvalue weighted by Crippen LogP contribution is 2.35. The third kappa shape index (κ3) is 4.55. The molecular formula is C25H24N4O4S. The van der Waals surface area contributed by atoms with Gasteiger partial charge in [-0.05, 0) is 5.56 Å². The number of H-pyrrole nitrogens is 1. The minimum Gasteiger partial charge on any atom is -0.493 e. The van der Waals surface area contributed by atoms with Crippen molar-refractivity contribution in [1.82, 2.24) is 14.5 Å². The van der Waals surface area contributed by atoms with E-state index in [9.17, 15) is 19.5 Å². The number of thiazole rings is 1. The largest absolute Gasteiger partial charge is 0.493 e. The SMILES string of the molecule is CCC(=O)c1csc(NC(=O)[C@H]([C@@H](C)c2ccccc2)n2c(O)c(-c3ccccc3)[nH]c2=O)n1. The summed E-state index contributed by atoms with van der Waals surface area (Å²) in [6.45, 7) is 3.55. The second-order valence-electron chi connectivity index (χ2n) is 7.81. The van der Waals surface area contributed by atoms with Crippen LogP contribution < -0.4 is 11.0 Å². The number of anilines is 1. The fraction of sp³-hybridized carbons (Fsp3) is 0.200. The minimum absolute atomic E-state index is 0.127. The van der Waals surface area contributed by atoms with Crippen LogP contribution in [-0.4, -0.2) is 31.3 Å². The highest BCUT2D eigenvalue weighted by atomic mass is 32.1. The molecule has 0 radical (unpaired) electrons. The molecule has 9 heteroatoms. The minimum atomic E-state index is -1.09. The van der Waals surface area contributed by atoms with E-state index >= 15 is 0 Å². The first kappa shape index (κ1) is 23.2. The maximum absolute atomic E-state index is 13.5. The molecule has 0 aliphatic heterocycles. The number of hydrogen-bond donors (Lipinski definition) is 3. The molecule has 2 heterocycles. The molecular weight excluding hydrogens is 452 g/mol. The van der Waals surface area contributed by atoms with Gasteiger partial charge in [0, 0.05) is 23.3 Å². The topological polar surface area (TPSA) is 117 Å². The lowest BCUT2D eigenvalue weighted by Gasteiger charge is -2.24. The maximum atomic E-state index is 13.5. The van der Waals surface area contributed by atoms with Crippen LogP contribution in [0.25, 0.3) is 11.3 Å². The van der Waals surface area contributed by atoms with E-state index < -0.39 is 23.6 Å². The zero-order chi connectivity index (χ0) is 24.2. The molecule has 0 unspecified atom stereocenters. The summed E-state index contributed by atoms with van der Waals surface area (Å²) in [5.41, 5.74) is 1.33. The second kappa shape index (κ2) is 9.88. The number of Topliss-reactive ketones (excluding diaryl/α,β-unsaturated/α-hetero) is 1. The lowest BCUT2D eigenvalue weighted by molar-refractivity contribution is -0.120. The highest BCUT2D eigenvalue weighted by molar-refractivity contribution is 7.14. The standard InChI is InChI=1S/C25H24N4O4S/c1-3-19(30)18-14-34-24(26-18)28-22(31)21(15(2)16-10-6-4-7-11-16)29-23(32)20(27-25(29)33)17-12-8-5-9-13-17/h4-15,21,32H,3H2,1-2H3,(H,27,33)(H,26,28,31)/t15-,21-/m0/s1. The smallest absolute Gasteiger partial charge is 0.329 e. The Morgan fingerprint density at radius 2 is 1.76 bits per heavy atom. The summed E-state index contributed by atoms with van der Waals surface area (Å²) in [6, 6.07) is 17.1. The number of carbonyl (C=O) groups excluding carboxylic acids is 2. The Morgan fingerprint density at radius 3 is 2.41 bits per heavy atom. The van der Waals surface area contributed by atoms with Gasteiger partial charge in [-0.1, -0.05) is 74.5 Å². The molecule has 0 spiro atoms. The van der Waals surface area contributed by atoms with Crippen molar-refractivity contribution in [3.05, 3.63) is 87.8 Å². The molecule has 34 heavy (non-hydrogen) atoms. The molecule has 4 rings (SSSR count). The molecule has 3 N–H and O–H groups in total. The van der Waals surface area contributed by atoms with Crippen LogP contribution in [0, 0.1) is 0 Å². The van der Waals surface area contributed by atoms with E-state index in [4.69, 9.17) is 0 Å². The van der Waals surface area contributed by atoms with Gasteiger partial charge in [-0.2, -0.15) is 0 Å². The maximum Gasteiger partial charge on any atom is 0.329 e. The van der Waals surface area contributed by atoms with Crippen molar-refractivity contribution in [1.29, 1.82) is 0 Å². The van der Waals surface area contributed by atoms with Crippen molar-refractivity contribution in [3.8, 4) is 17.1 Å². The van der Waals surface area contributed by atoms with E-state index in [2.05, 4.69) is 15.3 Å². The lowest BCUT2D eigenvalue weighted by Crippen LogP contribution is -2.35. The highest BCUT2D eigenvalue weighted by Gasteiger charge is 2.33. The summed E-state index contributed by atoms with van der Waals surface area (Å²) in [5.74, 6) is -1.46. The first-order valence-corrected chi connectivity index (χ1v) is 11.7. The number of amides is 1. The third-order valence-electron chi connectivity index (χ3n) is 5.65. The molecule has 0 saturated carbocycles. The van der Waals surface area contributed by atoms with Crippen molar-refractivity contribution < 1.29 is 14.7 Å². The number of ketones is 1. The fourth-order valence-electron chi connectivity index (χ4n) is 3.83. The van der Waals surface area contributed by atoms with Crippen molar-refractivity contribution in [3.63, 3.8) is 0 Å². The lowest BCUT2D eigenvalue weighted by atomic mass is 9.92. The molecule has 174 valence electrons. The average Bonchev–Trinajstić information content (AvgIpc) is 3.44. The van der Waals surface area contributed by atoms with Gasteiger partial charge in [-0.3, -0.25) is 9.59 Å². The number of aromatic amines is 1. The Bertz CT molecular complexity index is 1360. The molecule has 8 nitrogen and oxygen atoms in total. The molecule has 2 aromatic heterocycles. The van der Waals surface area contributed by atoms with Crippen molar-refractivity contribution in [2.45, 2.75) is 32.2 Å². The molecule has 4 aromatic rings. The Balaban J connectivity index is 1.76. The molecule has 1 amide bonds. The van der Waals surface area contributed by atoms with E-state index in [0.717, 1.165) is 21.5 Å². The van der Waals surface area contributed by atoms with Gasteiger partial charge in [0.15, 0.2) is 10.9 Å². The van der Waals surface area contributed by atoms with Gasteiger partial charge in [-0.25, -0.2) is 14.3 Å². The van der Waals surface area contributed by atoms with E-state index in [0.29, 0.717) is 12.0 Å². The van der Waals surface area contributed by atoms with Crippen LogP contribution in [0.5, 0.6) is 5.88 Å². The average molecular weight is 477 g/mol. The summed E-state index contributed by atoms with van der Waals surface area (Å²) in [6.07, 6.45) is 0.305. The number of hydrogen-bond acceptors (Lipinski definition) is 6. The van der Waals surface area contributed by atoms with Gasteiger partial charge >= 0.3 is 5.69 Å². The number of benzene rings is 2. The fourth-order valence-corrected chi connectivity index (χ4v) is 4.55. The first-order valence-electron chi connectivity index (χ1n) is 10.8. The number of rotatable bonds is 8. The summed E-state index contributed by atoms with van der Waals surface area (Å²) in [7, 11) is 0. The predicted molar refractivity (Wildman–Crippen MR) is 131 cm³/mol. The zero-order valence-electron chi connectivity index (χ0n) is 18.7. The Kier molecular flexibility index (Phi) is 6.74. The monoisotopic (exact) mass is 476 g/mol. The van der Waals surface area contributed by atoms with Crippen LogP contribution in [0.15, 0.2) is 70.8 Å². The van der Waals surface area contributed by atoms with E-state index in [1.54, 1.807) is 36.6 Å². The normalized spacial score (nSPS) is 12.8.